The Morgan fingerprint density at radius 3 is 2.32 bits per heavy atom. The summed E-state index contributed by atoms with van der Waals surface area (Å²) in [6, 6.07) is 21.6. The summed E-state index contributed by atoms with van der Waals surface area (Å²) in [4.78, 5) is 27.3. The number of ketones is 1. The van der Waals surface area contributed by atoms with Crippen molar-refractivity contribution in [1.82, 2.24) is 5.32 Å². The highest BCUT2D eigenvalue weighted by molar-refractivity contribution is 6.04. The van der Waals surface area contributed by atoms with E-state index in [-0.39, 0.29) is 37.1 Å². The van der Waals surface area contributed by atoms with Crippen LogP contribution in [0.5, 0.6) is 23.0 Å². The summed E-state index contributed by atoms with van der Waals surface area (Å²) in [5.74, 6) is 0.729. The van der Waals surface area contributed by atoms with Gasteiger partial charge in [-0.1, -0.05) is 36.4 Å². The number of phenols is 1. The molecule has 0 bridgehead atoms. The molecule has 8 nitrogen and oxygen atoms in total. The molecule has 1 aliphatic heterocycles. The van der Waals surface area contributed by atoms with E-state index < -0.39 is 11.9 Å². The smallest absolute Gasteiger partial charge is 0.336 e. The monoisotopic (exact) mass is 555 g/mol. The maximum Gasteiger partial charge on any atom is 0.336 e. The van der Waals surface area contributed by atoms with E-state index in [0.717, 1.165) is 16.8 Å². The molecule has 2 aliphatic rings. The molecule has 2 atom stereocenters. The average Bonchev–Trinajstić information content (AvgIpc) is 2.99. The number of esters is 1. The van der Waals surface area contributed by atoms with Crippen molar-refractivity contribution in [2.75, 3.05) is 27.4 Å². The second-order valence-corrected chi connectivity index (χ2v) is 10.0. The van der Waals surface area contributed by atoms with Gasteiger partial charge in [-0.3, -0.25) is 4.79 Å². The maximum atomic E-state index is 13.8. The van der Waals surface area contributed by atoms with Crippen LogP contribution in [0.4, 0.5) is 0 Å². The zero-order chi connectivity index (χ0) is 28.9. The number of hydrogen-bond donors (Lipinski definition) is 2. The number of para-hydroxylation sites is 1. The van der Waals surface area contributed by atoms with Gasteiger partial charge in [-0.15, -0.1) is 0 Å². The first-order valence-electron chi connectivity index (χ1n) is 13.5. The van der Waals surface area contributed by atoms with Gasteiger partial charge in [0.25, 0.3) is 0 Å². The lowest BCUT2D eigenvalue weighted by Crippen LogP contribution is -2.36. The molecule has 0 spiro atoms. The lowest BCUT2D eigenvalue weighted by atomic mass is 9.71. The van der Waals surface area contributed by atoms with Crippen LogP contribution in [0.25, 0.3) is 0 Å². The third-order valence-electron chi connectivity index (χ3n) is 7.48. The average molecular weight is 556 g/mol. The molecule has 2 N–H and O–H groups in total. The van der Waals surface area contributed by atoms with Gasteiger partial charge in [-0.2, -0.15) is 0 Å². The molecule has 0 saturated heterocycles. The van der Waals surface area contributed by atoms with Crippen molar-refractivity contribution in [3.05, 3.63) is 106 Å². The van der Waals surface area contributed by atoms with Crippen molar-refractivity contribution >= 4 is 11.8 Å². The highest BCUT2D eigenvalue weighted by Crippen LogP contribution is 2.46. The molecule has 0 amide bonds. The summed E-state index contributed by atoms with van der Waals surface area (Å²) in [6.45, 7) is 2.06. The number of rotatable bonds is 9. The molecule has 3 aromatic rings. The van der Waals surface area contributed by atoms with Crippen LogP contribution in [-0.4, -0.2) is 44.3 Å². The number of dihydropyridines is 1. The van der Waals surface area contributed by atoms with Crippen molar-refractivity contribution in [3.8, 4) is 23.0 Å². The minimum atomic E-state index is -0.631. The molecule has 3 aromatic carbocycles. The fraction of sp³-hybridized carbons (Fsp3) is 0.273. The van der Waals surface area contributed by atoms with Gasteiger partial charge in [0.15, 0.2) is 17.3 Å². The number of allylic oxidation sites excluding steroid dienone is 3. The molecule has 212 valence electrons. The number of aromatic hydroxyl groups is 1. The minimum absolute atomic E-state index is 0.0496. The Labute approximate surface area is 239 Å². The van der Waals surface area contributed by atoms with Gasteiger partial charge in [-0.25, -0.2) is 4.79 Å². The number of Topliss-reactive ketones (excluding diaryl/α,β-unsaturated/α-hetero) is 1. The second-order valence-electron chi connectivity index (χ2n) is 10.0. The summed E-state index contributed by atoms with van der Waals surface area (Å²) >= 11 is 0. The number of carbonyl (C=O) groups excluding carboxylic acids is 2. The van der Waals surface area contributed by atoms with Crippen molar-refractivity contribution in [2.45, 2.75) is 31.6 Å². The summed E-state index contributed by atoms with van der Waals surface area (Å²) in [6.07, 6.45) is 0.854. The molecule has 5 rings (SSSR count). The number of carbonyl (C=O) groups is 2. The number of ether oxygens (including phenoxy) is 4. The van der Waals surface area contributed by atoms with Gasteiger partial charge >= 0.3 is 5.97 Å². The minimum Gasteiger partial charge on any atom is -0.508 e. The van der Waals surface area contributed by atoms with Crippen molar-refractivity contribution < 1.29 is 33.6 Å². The van der Waals surface area contributed by atoms with Crippen molar-refractivity contribution in [3.63, 3.8) is 0 Å². The molecule has 0 radical (unpaired) electrons. The Kier molecular flexibility index (Phi) is 8.29. The van der Waals surface area contributed by atoms with Gasteiger partial charge in [0, 0.05) is 29.3 Å². The van der Waals surface area contributed by atoms with Crippen LogP contribution in [0, 0.1) is 0 Å². The summed E-state index contributed by atoms with van der Waals surface area (Å²) < 4.78 is 22.2. The van der Waals surface area contributed by atoms with Crippen LogP contribution in [0.2, 0.25) is 0 Å². The van der Waals surface area contributed by atoms with E-state index in [2.05, 4.69) is 5.32 Å². The van der Waals surface area contributed by atoms with Crippen LogP contribution >= 0.6 is 0 Å². The predicted octanol–water partition coefficient (Wildman–Crippen LogP) is 5.39. The zero-order valence-corrected chi connectivity index (χ0v) is 23.3. The van der Waals surface area contributed by atoms with Crippen molar-refractivity contribution in [2.24, 2.45) is 0 Å². The predicted molar refractivity (Wildman–Crippen MR) is 153 cm³/mol. The lowest BCUT2D eigenvalue weighted by Gasteiger charge is -2.36. The molecule has 8 heteroatoms. The Bertz CT molecular complexity index is 1490. The summed E-state index contributed by atoms with van der Waals surface area (Å²) in [7, 11) is 3.17. The van der Waals surface area contributed by atoms with Gasteiger partial charge in [0.2, 0.25) is 0 Å². The number of nitrogens with one attached hydrogen (secondary N) is 1. The van der Waals surface area contributed by atoms with E-state index in [0.29, 0.717) is 40.5 Å². The molecule has 0 saturated carbocycles. The molecule has 0 fully saturated rings. The van der Waals surface area contributed by atoms with Crippen LogP contribution in [0.3, 0.4) is 0 Å². The quantitative estimate of drug-likeness (QED) is 0.268. The van der Waals surface area contributed by atoms with E-state index >= 15 is 0 Å². The normalized spacial score (nSPS) is 18.4. The Morgan fingerprint density at radius 1 is 0.902 bits per heavy atom. The largest absolute Gasteiger partial charge is 0.508 e. The molecular formula is C33H33NO7. The number of phenolic OH excluding ortho intramolecular Hbond substituents is 1. The van der Waals surface area contributed by atoms with Gasteiger partial charge < -0.3 is 29.4 Å². The zero-order valence-electron chi connectivity index (χ0n) is 23.3. The Hall–Kier alpha value is -4.72. The summed E-state index contributed by atoms with van der Waals surface area (Å²) in [5.41, 5.74) is 4.01. The Balaban J connectivity index is 1.42. The first-order valence-corrected chi connectivity index (χ1v) is 13.5. The van der Waals surface area contributed by atoms with Crippen LogP contribution in [-0.2, 0) is 14.3 Å². The number of hydrogen-bond acceptors (Lipinski definition) is 8. The van der Waals surface area contributed by atoms with Crippen LogP contribution < -0.4 is 19.5 Å². The number of methoxy groups -OCH3 is 2. The first-order chi connectivity index (χ1) is 19.9. The fourth-order valence-corrected chi connectivity index (χ4v) is 5.54. The molecular weight excluding hydrogens is 522 g/mol. The topological polar surface area (TPSA) is 103 Å². The van der Waals surface area contributed by atoms with E-state index in [1.165, 1.54) is 0 Å². The van der Waals surface area contributed by atoms with Crippen LogP contribution in [0.15, 0.2) is 95.3 Å². The molecule has 0 unspecified atom stereocenters. The first kappa shape index (κ1) is 27.8. The molecule has 0 aromatic heterocycles. The van der Waals surface area contributed by atoms with E-state index in [1.807, 2.05) is 55.5 Å². The van der Waals surface area contributed by atoms with Crippen molar-refractivity contribution in [1.29, 1.82) is 0 Å². The Morgan fingerprint density at radius 2 is 1.61 bits per heavy atom. The highest BCUT2D eigenvalue weighted by Gasteiger charge is 2.41. The van der Waals surface area contributed by atoms with Gasteiger partial charge in [0.05, 0.1) is 19.8 Å². The summed E-state index contributed by atoms with van der Waals surface area (Å²) in [5, 5.41) is 13.3. The van der Waals surface area contributed by atoms with E-state index in [9.17, 15) is 14.7 Å². The fourth-order valence-electron chi connectivity index (χ4n) is 5.54. The highest BCUT2D eigenvalue weighted by atomic mass is 16.6. The molecule has 41 heavy (non-hydrogen) atoms. The maximum absolute atomic E-state index is 13.8. The molecule has 1 aliphatic carbocycles. The van der Waals surface area contributed by atoms with E-state index in [4.69, 9.17) is 18.9 Å². The number of benzene rings is 3. The second kappa shape index (κ2) is 12.2. The SMILES string of the molecule is COc1ccc([C@H]2CC(=O)C3=C(C2)NC(C)=C(C(=O)OCCOc2ccccc2)[C@H]3c2ccc(O)cc2)cc1OC. The van der Waals surface area contributed by atoms with Crippen LogP contribution in [0.1, 0.15) is 42.7 Å². The standard InChI is InChI=1S/C33H33NO7/c1-20-30(33(37)41-16-15-40-25-7-5-4-6-8-25)31(21-9-12-24(35)13-10-21)32-26(34-20)17-23(18-27(32)36)22-11-14-28(38-2)29(19-22)39-3/h4-14,19,23,31,34-35H,15-18H2,1-3H3/t23-,31-/m1/s1. The van der Waals surface area contributed by atoms with E-state index in [1.54, 1.807) is 38.5 Å². The van der Waals surface area contributed by atoms with Gasteiger partial charge in [-0.05, 0) is 66.8 Å². The van der Waals surface area contributed by atoms with Gasteiger partial charge in [0.1, 0.15) is 24.7 Å². The third-order valence-corrected chi connectivity index (χ3v) is 7.48. The lowest BCUT2D eigenvalue weighted by molar-refractivity contribution is -0.140. The third kappa shape index (κ3) is 5.91. The molecule has 1 heterocycles.